The zero-order valence-electron chi connectivity index (χ0n) is 10.1. The van der Waals surface area contributed by atoms with Gasteiger partial charge in [-0.15, -0.1) is 0 Å². The molecule has 0 spiro atoms. The molecule has 0 saturated carbocycles. The Morgan fingerprint density at radius 1 is 1.00 bits per heavy atom. The highest BCUT2D eigenvalue weighted by molar-refractivity contribution is 6.07. The highest BCUT2D eigenvalue weighted by atomic mass is 15.1. The molecule has 0 aliphatic carbocycles. The fourth-order valence-electron chi connectivity index (χ4n) is 1.76. The van der Waals surface area contributed by atoms with Crippen molar-refractivity contribution in [2.24, 2.45) is 0 Å². The lowest BCUT2D eigenvalue weighted by molar-refractivity contribution is 1.21. The first-order chi connectivity index (χ1) is 8.18. The highest BCUT2D eigenvalue weighted by Crippen LogP contribution is 2.16. The summed E-state index contributed by atoms with van der Waals surface area (Å²) in [5.74, 6) is 0.510. The minimum Gasteiger partial charge on any atom is -0.329 e. The van der Waals surface area contributed by atoms with Gasteiger partial charge in [0.15, 0.2) is 0 Å². The topological polar surface area (TPSA) is 27.1 Å². The second-order valence-corrected chi connectivity index (χ2v) is 4.11. The largest absolute Gasteiger partial charge is 0.329 e. The second kappa shape index (κ2) is 4.83. The molecular weight excluding hydrogens is 208 g/mol. The van der Waals surface area contributed by atoms with Crippen LogP contribution in [0.5, 0.6) is 0 Å². The summed E-state index contributed by atoms with van der Waals surface area (Å²) in [6.07, 6.45) is 0. The molecule has 17 heavy (non-hydrogen) atoms. The van der Waals surface area contributed by atoms with E-state index in [1.54, 1.807) is 0 Å². The fourth-order valence-corrected chi connectivity index (χ4v) is 1.76. The van der Waals surface area contributed by atoms with Gasteiger partial charge in [0.25, 0.3) is 0 Å². The maximum Gasteiger partial charge on any atom is 0.132 e. The van der Waals surface area contributed by atoms with Crippen molar-refractivity contribution in [2.75, 3.05) is 11.9 Å². The zero-order valence-corrected chi connectivity index (χ0v) is 10.1. The zero-order chi connectivity index (χ0) is 12.3. The summed E-state index contributed by atoms with van der Waals surface area (Å²) in [5, 5.41) is 8.17. The quantitative estimate of drug-likeness (QED) is 0.614. The van der Waals surface area contributed by atoms with E-state index in [0.29, 0.717) is 5.84 Å². The van der Waals surface area contributed by atoms with Gasteiger partial charge in [0.05, 0.1) is 0 Å². The van der Waals surface area contributed by atoms with Crippen LogP contribution in [0.2, 0.25) is 0 Å². The van der Waals surface area contributed by atoms with Gasteiger partial charge in [0.2, 0.25) is 0 Å². The first-order valence-corrected chi connectivity index (χ1v) is 5.63. The van der Waals surface area contributed by atoms with E-state index < -0.39 is 0 Å². The predicted octanol–water partition coefficient (Wildman–Crippen LogP) is 3.46. The summed E-state index contributed by atoms with van der Waals surface area (Å²) in [7, 11) is 1.92. The van der Waals surface area contributed by atoms with Crippen molar-refractivity contribution in [3.05, 3.63) is 65.7 Å². The molecule has 2 heteroatoms. The summed E-state index contributed by atoms with van der Waals surface area (Å²) in [6, 6.07) is 17.9. The van der Waals surface area contributed by atoms with Crippen LogP contribution < -0.4 is 4.90 Å². The molecule has 2 nitrogen and oxygen atoms in total. The normalized spacial score (nSPS) is 10.0. The van der Waals surface area contributed by atoms with Crippen molar-refractivity contribution in [3.8, 4) is 0 Å². The lowest BCUT2D eigenvalue weighted by atomic mass is 10.1. The van der Waals surface area contributed by atoms with Crippen LogP contribution in [0.3, 0.4) is 0 Å². The van der Waals surface area contributed by atoms with Gasteiger partial charge in [-0.2, -0.15) is 0 Å². The predicted molar refractivity (Wildman–Crippen MR) is 72.9 cm³/mol. The first kappa shape index (κ1) is 11.4. The van der Waals surface area contributed by atoms with E-state index in [-0.39, 0.29) is 0 Å². The molecule has 0 atom stereocenters. The number of benzene rings is 2. The Hall–Kier alpha value is -2.09. The lowest BCUT2D eigenvalue weighted by Gasteiger charge is -2.20. The van der Waals surface area contributed by atoms with Crippen LogP contribution in [0.15, 0.2) is 54.6 Å². The molecule has 0 radical (unpaired) electrons. The molecule has 2 rings (SSSR count). The van der Waals surface area contributed by atoms with Crippen LogP contribution in [0.1, 0.15) is 11.1 Å². The molecule has 2 aromatic rings. The van der Waals surface area contributed by atoms with Crippen LogP contribution in [0.4, 0.5) is 5.69 Å². The Kier molecular flexibility index (Phi) is 3.24. The van der Waals surface area contributed by atoms with E-state index in [4.69, 9.17) is 5.41 Å². The third kappa shape index (κ3) is 2.53. The number of rotatable bonds is 2. The number of aryl methyl sites for hydroxylation is 1. The Labute approximate surface area is 102 Å². The number of nitrogens with zero attached hydrogens (tertiary/aromatic N) is 1. The molecule has 2 aromatic carbocycles. The average molecular weight is 224 g/mol. The maximum atomic E-state index is 8.17. The minimum atomic E-state index is 0.510. The van der Waals surface area contributed by atoms with E-state index in [1.807, 2.05) is 54.4 Å². The Balaban J connectivity index is 2.27. The molecule has 0 amide bonds. The highest BCUT2D eigenvalue weighted by Gasteiger charge is 2.08. The lowest BCUT2D eigenvalue weighted by Crippen LogP contribution is -2.26. The van der Waals surface area contributed by atoms with E-state index in [1.165, 1.54) is 5.56 Å². The summed E-state index contributed by atoms with van der Waals surface area (Å²) in [4.78, 5) is 1.89. The molecule has 0 unspecified atom stereocenters. The molecular formula is C15H16N2. The SMILES string of the molecule is Cc1cccc(N(C)C(=N)c2ccccc2)c1. The summed E-state index contributed by atoms with van der Waals surface area (Å²) < 4.78 is 0. The second-order valence-electron chi connectivity index (χ2n) is 4.11. The smallest absolute Gasteiger partial charge is 0.132 e. The molecule has 0 fully saturated rings. The number of anilines is 1. The van der Waals surface area contributed by atoms with Crippen molar-refractivity contribution < 1.29 is 0 Å². The molecule has 0 heterocycles. The monoisotopic (exact) mass is 224 g/mol. The summed E-state index contributed by atoms with van der Waals surface area (Å²) >= 11 is 0. The van der Waals surface area contributed by atoms with Crippen molar-refractivity contribution in [1.29, 1.82) is 5.41 Å². The average Bonchev–Trinajstić information content (AvgIpc) is 2.38. The van der Waals surface area contributed by atoms with Crippen LogP contribution >= 0.6 is 0 Å². The van der Waals surface area contributed by atoms with Crippen LogP contribution in [0, 0.1) is 12.3 Å². The molecule has 0 aromatic heterocycles. The van der Waals surface area contributed by atoms with E-state index in [9.17, 15) is 0 Å². The fraction of sp³-hybridized carbons (Fsp3) is 0.133. The number of hydrogen-bond acceptors (Lipinski definition) is 1. The van der Waals surface area contributed by atoms with Gasteiger partial charge in [-0.25, -0.2) is 0 Å². The summed E-state index contributed by atoms with van der Waals surface area (Å²) in [5.41, 5.74) is 3.17. The van der Waals surface area contributed by atoms with Crippen molar-refractivity contribution in [3.63, 3.8) is 0 Å². The first-order valence-electron chi connectivity index (χ1n) is 5.63. The Morgan fingerprint density at radius 3 is 2.35 bits per heavy atom. The van der Waals surface area contributed by atoms with Gasteiger partial charge in [-0.1, -0.05) is 42.5 Å². The van der Waals surface area contributed by atoms with E-state index >= 15 is 0 Å². The van der Waals surface area contributed by atoms with Gasteiger partial charge in [0.1, 0.15) is 5.84 Å². The Morgan fingerprint density at radius 2 is 1.71 bits per heavy atom. The molecule has 0 bridgehead atoms. The third-order valence-corrected chi connectivity index (χ3v) is 2.77. The number of amidine groups is 1. The maximum absolute atomic E-state index is 8.17. The molecule has 86 valence electrons. The van der Waals surface area contributed by atoms with Gasteiger partial charge in [-0.3, -0.25) is 5.41 Å². The summed E-state index contributed by atoms with van der Waals surface area (Å²) in [6.45, 7) is 2.06. The van der Waals surface area contributed by atoms with Crippen molar-refractivity contribution in [1.82, 2.24) is 0 Å². The molecule has 0 aliphatic heterocycles. The minimum absolute atomic E-state index is 0.510. The number of hydrogen-bond donors (Lipinski definition) is 1. The number of nitrogens with one attached hydrogen (secondary N) is 1. The van der Waals surface area contributed by atoms with Crippen molar-refractivity contribution in [2.45, 2.75) is 6.92 Å². The van der Waals surface area contributed by atoms with Crippen LogP contribution in [0.25, 0.3) is 0 Å². The van der Waals surface area contributed by atoms with Gasteiger partial charge < -0.3 is 4.90 Å². The standard InChI is InChI=1S/C15H16N2/c1-12-7-6-10-14(11-12)17(2)15(16)13-8-4-3-5-9-13/h3-11,16H,1-2H3. The van der Waals surface area contributed by atoms with Crippen molar-refractivity contribution >= 4 is 11.5 Å². The molecule has 0 saturated heterocycles. The third-order valence-electron chi connectivity index (χ3n) is 2.77. The van der Waals surface area contributed by atoms with Gasteiger partial charge in [0, 0.05) is 18.3 Å². The van der Waals surface area contributed by atoms with Crippen LogP contribution in [-0.2, 0) is 0 Å². The van der Waals surface area contributed by atoms with E-state index in [0.717, 1.165) is 11.3 Å². The van der Waals surface area contributed by atoms with Crippen LogP contribution in [-0.4, -0.2) is 12.9 Å². The Bertz CT molecular complexity index is 517. The van der Waals surface area contributed by atoms with Gasteiger partial charge >= 0.3 is 0 Å². The molecule has 1 N–H and O–H groups in total. The van der Waals surface area contributed by atoms with E-state index in [2.05, 4.69) is 19.1 Å². The van der Waals surface area contributed by atoms with Gasteiger partial charge in [-0.05, 0) is 24.6 Å². The molecule has 0 aliphatic rings.